The Morgan fingerprint density at radius 2 is 2.00 bits per heavy atom. The molecule has 10 heteroatoms. The molecule has 1 aliphatic heterocycles. The fraction of sp³-hybridized carbons (Fsp3) is 0.158. The summed E-state index contributed by atoms with van der Waals surface area (Å²) in [7, 11) is 0. The highest BCUT2D eigenvalue weighted by Crippen LogP contribution is 2.44. The number of hydrogen-bond acceptors (Lipinski definition) is 8. The van der Waals surface area contributed by atoms with E-state index in [0.29, 0.717) is 10.9 Å². The number of halogens is 1. The third-order valence-electron chi connectivity index (χ3n) is 4.50. The van der Waals surface area contributed by atoms with Gasteiger partial charge < -0.3 is 5.11 Å². The van der Waals surface area contributed by atoms with Gasteiger partial charge in [-0.3, -0.25) is 9.69 Å². The Morgan fingerprint density at radius 3 is 2.83 bits per heavy atom. The zero-order valence-corrected chi connectivity index (χ0v) is 17.9. The number of para-hydroxylation sites is 1. The number of aromatic hydroxyl groups is 1. The van der Waals surface area contributed by atoms with Crippen molar-refractivity contribution in [3.8, 4) is 5.75 Å². The maximum atomic E-state index is 12.4. The maximum absolute atomic E-state index is 12.4. The van der Waals surface area contributed by atoms with Gasteiger partial charge in [0.15, 0.2) is 4.34 Å². The number of phenols is 1. The highest BCUT2D eigenvalue weighted by molar-refractivity contribution is 8.00. The molecule has 0 radical (unpaired) electrons. The molecule has 0 spiro atoms. The van der Waals surface area contributed by atoms with Crippen LogP contribution in [-0.4, -0.2) is 31.6 Å². The Hall–Kier alpha value is -2.20. The van der Waals surface area contributed by atoms with Gasteiger partial charge in [0.05, 0.1) is 22.0 Å². The number of nitrogens with zero attached hydrogens (tertiary/aromatic N) is 4. The van der Waals surface area contributed by atoms with Crippen molar-refractivity contribution in [3.63, 3.8) is 0 Å². The Labute approximate surface area is 183 Å². The number of β-lactam (4-membered cyclic amide) rings is 1. The highest BCUT2D eigenvalue weighted by atomic mass is 35.5. The second-order valence-electron chi connectivity index (χ2n) is 6.36. The van der Waals surface area contributed by atoms with Crippen molar-refractivity contribution in [2.75, 3.05) is 4.90 Å². The molecule has 0 saturated carbocycles. The molecule has 1 amide bonds. The molecule has 29 heavy (non-hydrogen) atoms. The number of alkyl halides is 1. The average molecular weight is 461 g/mol. The first-order chi connectivity index (χ1) is 14.1. The number of thioether (sulfide) groups is 1. The predicted octanol–water partition coefficient (Wildman–Crippen LogP) is 4.84. The highest BCUT2D eigenvalue weighted by Gasteiger charge is 2.49. The van der Waals surface area contributed by atoms with Gasteiger partial charge >= 0.3 is 0 Å². The number of aromatic nitrogens is 3. The van der Waals surface area contributed by atoms with Crippen molar-refractivity contribution in [1.82, 2.24) is 15.2 Å². The number of anilines is 1. The molecule has 2 atom stereocenters. The SMILES string of the molecule is O=C1C(Cl)C(c2cccc(O)c2)N1c1nnc(CSc2nc3ccccc3s2)s1. The Balaban J connectivity index is 1.32. The molecule has 1 saturated heterocycles. The van der Waals surface area contributed by atoms with Crippen molar-refractivity contribution in [1.29, 1.82) is 0 Å². The summed E-state index contributed by atoms with van der Waals surface area (Å²) < 4.78 is 2.13. The topological polar surface area (TPSA) is 79.2 Å². The molecule has 4 aromatic rings. The second kappa shape index (κ2) is 7.56. The Bertz CT molecular complexity index is 1180. The molecule has 3 heterocycles. The van der Waals surface area contributed by atoms with E-state index in [1.807, 2.05) is 24.3 Å². The van der Waals surface area contributed by atoms with Crippen LogP contribution in [0.15, 0.2) is 52.9 Å². The van der Waals surface area contributed by atoms with E-state index in [9.17, 15) is 9.90 Å². The van der Waals surface area contributed by atoms with Crippen molar-refractivity contribution in [3.05, 3.63) is 59.1 Å². The van der Waals surface area contributed by atoms with Crippen LogP contribution < -0.4 is 4.90 Å². The second-order valence-corrected chi connectivity index (χ2v) is 10.1. The van der Waals surface area contributed by atoms with Crippen LogP contribution in [0.3, 0.4) is 0 Å². The van der Waals surface area contributed by atoms with Crippen LogP contribution >= 0.6 is 46.0 Å². The lowest BCUT2D eigenvalue weighted by atomic mass is 9.94. The summed E-state index contributed by atoms with van der Waals surface area (Å²) in [4.78, 5) is 18.5. The minimum Gasteiger partial charge on any atom is -0.508 e. The van der Waals surface area contributed by atoms with Gasteiger partial charge in [0, 0.05) is 0 Å². The molecule has 2 unspecified atom stereocenters. The molecule has 1 fully saturated rings. The Kier molecular flexibility index (Phi) is 4.91. The molecule has 0 bridgehead atoms. The quantitative estimate of drug-likeness (QED) is 0.261. The number of fused-ring (bicyclic) bond motifs is 1. The molecule has 146 valence electrons. The summed E-state index contributed by atoms with van der Waals surface area (Å²) in [5.41, 5.74) is 1.76. The number of rotatable bonds is 5. The number of carbonyl (C=O) groups excluding carboxylic acids is 1. The van der Waals surface area contributed by atoms with E-state index in [-0.39, 0.29) is 17.7 Å². The third-order valence-corrected chi connectivity index (χ3v) is 8.22. The molecule has 2 aromatic heterocycles. The minimum atomic E-state index is -0.679. The van der Waals surface area contributed by atoms with Crippen molar-refractivity contribution in [2.45, 2.75) is 21.5 Å². The van der Waals surface area contributed by atoms with Crippen LogP contribution in [0, 0.1) is 0 Å². The lowest BCUT2D eigenvalue weighted by Crippen LogP contribution is -2.56. The molecule has 6 nitrogen and oxygen atoms in total. The lowest BCUT2D eigenvalue weighted by Gasteiger charge is -2.42. The molecule has 1 aliphatic rings. The van der Waals surface area contributed by atoms with Crippen LogP contribution in [0.4, 0.5) is 5.13 Å². The van der Waals surface area contributed by atoms with Crippen LogP contribution in [-0.2, 0) is 10.5 Å². The van der Waals surface area contributed by atoms with Gasteiger partial charge in [0.2, 0.25) is 11.0 Å². The molecule has 0 aliphatic carbocycles. The van der Waals surface area contributed by atoms with E-state index in [0.717, 1.165) is 25.1 Å². The van der Waals surface area contributed by atoms with Crippen molar-refractivity contribution in [2.24, 2.45) is 0 Å². The molecule has 5 rings (SSSR count). The van der Waals surface area contributed by atoms with E-state index in [2.05, 4.69) is 21.2 Å². The maximum Gasteiger partial charge on any atom is 0.250 e. The van der Waals surface area contributed by atoms with Gasteiger partial charge in [-0.15, -0.1) is 33.1 Å². The zero-order valence-electron chi connectivity index (χ0n) is 14.7. The normalized spacial score (nSPS) is 18.9. The van der Waals surface area contributed by atoms with Gasteiger partial charge in [0.1, 0.15) is 16.1 Å². The first-order valence-corrected chi connectivity index (χ1v) is 11.7. The number of thiazole rings is 1. The van der Waals surface area contributed by atoms with Crippen LogP contribution in [0.2, 0.25) is 0 Å². The lowest BCUT2D eigenvalue weighted by molar-refractivity contribution is -0.123. The van der Waals surface area contributed by atoms with Gasteiger partial charge in [-0.25, -0.2) is 4.98 Å². The number of phenolic OH excluding ortho intramolecular Hbond substituents is 1. The number of amides is 1. The number of hydrogen-bond donors (Lipinski definition) is 1. The monoisotopic (exact) mass is 460 g/mol. The van der Waals surface area contributed by atoms with E-state index in [1.165, 1.54) is 11.3 Å². The molecular formula is C19H13ClN4O2S3. The Morgan fingerprint density at radius 1 is 1.14 bits per heavy atom. The number of carbonyl (C=O) groups is 1. The van der Waals surface area contributed by atoms with Crippen molar-refractivity contribution >= 4 is 67.3 Å². The predicted molar refractivity (Wildman–Crippen MR) is 117 cm³/mol. The van der Waals surface area contributed by atoms with Crippen LogP contribution in [0.1, 0.15) is 16.6 Å². The first-order valence-electron chi connectivity index (χ1n) is 8.67. The summed E-state index contributed by atoms with van der Waals surface area (Å²) in [6, 6.07) is 14.4. The van der Waals surface area contributed by atoms with Gasteiger partial charge in [0.25, 0.3) is 0 Å². The summed E-state index contributed by atoms with van der Waals surface area (Å²) >= 11 is 10.9. The average Bonchev–Trinajstić information content (AvgIpc) is 3.35. The van der Waals surface area contributed by atoms with Gasteiger partial charge in [-0.05, 0) is 29.8 Å². The van der Waals surface area contributed by atoms with Crippen LogP contribution in [0.25, 0.3) is 10.2 Å². The third kappa shape index (κ3) is 3.48. The fourth-order valence-electron chi connectivity index (χ4n) is 3.13. The minimum absolute atomic E-state index is 0.135. The molecule has 1 N–H and O–H groups in total. The van der Waals surface area contributed by atoms with Crippen molar-refractivity contribution < 1.29 is 9.90 Å². The summed E-state index contributed by atoms with van der Waals surface area (Å²) in [5, 5.41) is 18.8. The molecule has 2 aromatic carbocycles. The largest absolute Gasteiger partial charge is 0.508 e. The van der Waals surface area contributed by atoms with Gasteiger partial charge in [-0.2, -0.15) is 0 Å². The standard InChI is InChI=1S/C19H13ClN4O2S3/c20-15-16(10-4-3-5-11(25)8-10)24(17(15)26)18-23-22-14(29-18)9-27-19-21-12-6-1-2-7-13(12)28-19/h1-8,15-16,25H,9H2. The van der Waals surface area contributed by atoms with E-state index in [4.69, 9.17) is 11.6 Å². The number of benzene rings is 2. The van der Waals surface area contributed by atoms with E-state index >= 15 is 0 Å². The zero-order chi connectivity index (χ0) is 20.0. The molecular weight excluding hydrogens is 448 g/mol. The summed E-state index contributed by atoms with van der Waals surface area (Å²) in [6.07, 6.45) is 0. The van der Waals surface area contributed by atoms with E-state index in [1.54, 1.807) is 46.2 Å². The van der Waals surface area contributed by atoms with Gasteiger partial charge in [-0.1, -0.05) is 47.4 Å². The smallest absolute Gasteiger partial charge is 0.250 e. The first kappa shape index (κ1) is 18.8. The summed E-state index contributed by atoms with van der Waals surface area (Å²) in [5.74, 6) is 0.554. The van der Waals surface area contributed by atoms with E-state index < -0.39 is 5.38 Å². The van der Waals surface area contributed by atoms with Crippen LogP contribution in [0.5, 0.6) is 5.75 Å². The fourth-order valence-corrected chi connectivity index (χ4v) is 6.43. The summed E-state index contributed by atoms with van der Waals surface area (Å²) in [6.45, 7) is 0.